The van der Waals surface area contributed by atoms with Gasteiger partial charge in [-0.25, -0.2) is 0 Å². The van der Waals surface area contributed by atoms with Crippen molar-refractivity contribution in [1.82, 2.24) is 0 Å². The summed E-state index contributed by atoms with van der Waals surface area (Å²) < 4.78 is 0. The second kappa shape index (κ2) is 19.1. The lowest BCUT2D eigenvalue weighted by atomic mass is 9.92. The Bertz CT molecular complexity index is 2790. The van der Waals surface area contributed by atoms with Crippen molar-refractivity contribution in [3.05, 3.63) is 288 Å². The Morgan fingerprint density at radius 1 is 0.359 bits per heavy atom. The summed E-state index contributed by atoms with van der Waals surface area (Å²) in [6.07, 6.45) is 7.96. The van der Waals surface area contributed by atoms with Gasteiger partial charge < -0.3 is 0 Å². The molecule has 0 bridgehead atoms. The number of allylic oxidation sites excluding steroid dienone is 3. The predicted molar refractivity (Wildman–Crippen MR) is 281 cm³/mol. The molecule has 0 N–H and O–H groups in total. The Balaban J connectivity index is 1.16. The third-order valence-corrected chi connectivity index (χ3v) is 22.4. The van der Waals surface area contributed by atoms with Crippen LogP contribution >= 0.6 is 0 Å². The standard InChI is InChI=1S/C62H54Si2/c1-48-44-49(2)62(50(3)45-48)53(42-40-51-24-22-38-60(46-51)63(54-26-10-4-11-27-54,55-28-12-5-13-29-55)56-30-14-6-15-31-56)43-41-52-25-23-39-61(47-52)64(57-32-16-7-17-33-57,58-34-18-8-19-35-58)59-36-20-9-21-37-59/h4-40,42-47H,41H2,1-3H3/b42-40+,53-43+. The summed E-state index contributed by atoms with van der Waals surface area (Å²) >= 11 is 0. The molecule has 0 atom stereocenters. The van der Waals surface area contributed by atoms with Crippen LogP contribution in [0.1, 0.15) is 33.4 Å². The van der Waals surface area contributed by atoms with Crippen molar-refractivity contribution < 1.29 is 0 Å². The molecule has 310 valence electrons. The van der Waals surface area contributed by atoms with Gasteiger partial charge in [0.05, 0.1) is 0 Å². The molecular weight excluding hydrogens is 801 g/mol. The number of aryl methyl sites for hydroxylation is 3. The van der Waals surface area contributed by atoms with Crippen LogP contribution in [0.3, 0.4) is 0 Å². The van der Waals surface area contributed by atoms with Gasteiger partial charge >= 0.3 is 0 Å². The van der Waals surface area contributed by atoms with E-state index in [9.17, 15) is 0 Å². The quantitative estimate of drug-likeness (QED) is 0.0616. The van der Waals surface area contributed by atoms with Crippen LogP contribution in [-0.4, -0.2) is 16.1 Å². The molecule has 0 aliphatic rings. The van der Waals surface area contributed by atoms with Crippen molar-refractivity contribution >= 4 is 69.3 Å². The van der Waals surface area contributed by atoms with Gasteiger partial charge in [-0.1, -0.05) is 266 Å². The smallest absolute Gasteiger partial charge is 0.0722 e. The molecule has 9 rings (SSSR count). The van der Waals surface area contributed by atoms with Crippen molar-refractivity contribution in [3.8, 4) is 0 Å². The van der Waals surface area contributed by atoms with Gasteiger partial charge in [-0.15, -0.1) is 0 Å². The van der Waals surface area contributed by atoms with Crippen molar-refractivity contribution in [2.45, 2.75) is 27.2 Å². The van der Waals surface area contributed by atoms with E-state index in [0.717, 1.165) is 6.42 Å². The molecule has 9 aromatic carbocycles. The van der Waals surface area contributed by atoms with Gasteiger partial charge in [0.15, 0.2) is 16.1 Å². The largest absolute Gasteiger partial charge is 0.179 e. The lowest BCUT2D eigenvalue weighted by Gasteiger charge is -2.34. The first-order valence-electron chi connectivity index (χ1n) is 22.5. The second-order valence-corrected chi connectivity index (χ2v) is 24.6. The molecule has 0 nitrogen and oxygen atoms in total. The van der Waals surface area contributed by atoms with Gasteiger partial charge in [0.25, 0.3) is 0 Å². The minimum absolute atomic E-state index is 0.801. The molecule has 0 aromatic heterocycles. The van der Waals surface area contributed by atoms with Crippen LogP contribution in [0.15, 0.2) is 255 Å². The van der Waals surface area contributed by atoms with E-state index in [1.165, 1.54) is 80.4 Å². The average Bonchev–Trinajstić information content (AvgIpc) is 3.35. The van der Waals surface area contributed by atoms with Gasteiger partial charge in [0.1, 0.15) is 0 Å². The monoisotopic (exact) mass is 854 g/mol. The maximum Gasteiger partial charge on any atom is 0.179 e. The average molecular weight is 855 g/mol. The van der Waals surface area contributed by atoms with Crippen LogP contribution in [0.2, 0.25) is 0 Å². The molecule has 0 saturated heterocycles. The van der Waals surface area contributed by atoms with Gasteiger partial charge in [-0.05, 0) is 102 Å². The zero-order valence-corrected chi connectivity index (χ0v) is 39.0. The van der Waals surface area contributed by atoms with E-state index in [4.69, 9.17) is 0 Å². The first-order valence-corrected chi connectivity index (χ1v) is 26.5. The zero-order valence-electron chi connectivity index (χ0n) is 37.0. The van der Waals surface area contributed by atoms with Crippen molar-refractivity contribution in [3.63, 3.8) is 0 Å². The third kappa shape index (κ3) is 8.26. The van der Waals surface area contributed by atoms with E-state index in [0.29, 0.717) is 0 Å². The van der Waals surface area contributed by atoms with E-state index >= 15 is 0 Å². The van der Waals surface area contributed by atoms with Gasteiger partial charge in [0, 0.05) is 0 Å². The van der Waals surface area contributed by atoms with E-state index in [1.54, 1.807) is 0 Å². The summed E-state index contributed by atoms with van der Waals surface area (Å²) in [5.74, 6) is 0. The van der Waals surface area contributed by atoms with Crippen molar-refractivity contribution in [2.24, 2.45) is 0 Å². The molecule has 0 spiro atoms. The van der Waals surface area contributed by atoms with Crippen LogP contribution in [0.5, 0.6) is 0 Å². The highest BCUT2D eigenvalue weighted by atomic mass is 28.3. The van der Waals surface area contributed by atoms with Gasteiger partial charge in [-0.3, -0.25) is 0 Å². The van der Waals surface area contributed by atoms with Crippen molar-refractivity contribution in [1.29, 1.82) is 0 Å². The summed E-state index contributed by atoms with van der Waals surface area (Å²) in [7, 11) is -5.34. The fourth-order valence-corrected chi connectivity index (χ4v) is 19.9. The van der Waals surface area contributed by atoms with Gasteiger partial charge in [0.2, 0.25) is 0 Å². The van der Waals surface area contributed by atoms with Crippen LogP contribution in [0, 0.1) is 20.8 Å². The molecular formula is C62H54Si2. The maximum absolute atomic E-state index is 2.67. The fourth-order valence-electron chi connectivity index (χ4n) is 10.2. The summed E-state index contributed by atoms with van der Waals surface area (Å²) in [5, 5.41) is 11.0. The normalized spacial score (nSPS) is 12.1. The minimum Gasteiger partial charge on any atom is -0.0722 e. The minimum atomic E-state index is -2.67. The molecule has 0 aliphatic carbocycles. The number of hydrogen-bond acceptors (Lipinski definition) is 0. The fraction of sp³-hybridized carbons (Fsp3) is 0.0645. The number of hydrogen-bond donors (Lipinski definition) is 0. The molecule has 0 saturated carbocycles. The molecule has 0 fully saturated rings. The SMILES string of the molecule is Cc1cc(C)c(C(/C=C/c2cccc([Si](c3ccccc3)(c3ccccc3)c3ccccc3)c2)=C/Cc2cccc([Si](c3ccccc3)(c3ccccc3)c3ccccc3)c2)c(C)c1. The molecule has 0 radical (unpaired) electrons. The van der Waals surface area contributed by atoms with Crippen LogP contribution < -0.4 is 41.5 Å². The summed E-state index contributed by atoms with van der Waals surface area (Å²) in [6, 6.07) is 90.6. The second-order valence-electron chi connectivity index (χ2n) is 17.0. The topological polar surface area (TPSA) is 0 Å². The highest BCUT2D eigenvalue weighted by Crippen LogP contribution is 2.27. The Labute approximate surface area is 382 Å². The maximum atomic E-state index is 2.50. The third-order valence-electron chi connectivity index (χ3n) is 12.9. The Morgan fingerprint density at radius 2 is 0.703 bits per heavy atom. The summed E-state index contributed by atoms with van der Waals surface area (Å²) in [4.78, 5) is 0. The molecule has 9 aromatic rings. The zero-order chi connectivity index (χ0) is 43.8. The van der Waals surface area contributed by atoms with E-state index in [1.807, 2.05) is 0 Å². The molecule has 0 amide bonds. The molecule has 2 heteroatoms. The highest BCUT2D eigenvalue weighted by Gasteiger charge is 2.42. The van der Waals surface area contributed by atoms with Crippen LogP contribution in [-0.2, 0) is 6.42 Å². The lowest BCUT2D eigenvalue weighted by Crippen LogP contribution is -2.74. The molecule has 0 heterocycles. The summed E-state index contributed by atoms with van der Waals surface area (Å²) in [5.41, 5.74) is 8.91. The van der Waals surface area contributed by atoms with E-state index in [-0.39, 0.29) is 0 Å². The lowest BCUT2D eigenvalue weighted by molar-refractivity contribution is 1.26. The Hall–Kier alpha value is -7.11. The molecule has 0 aliphatic heterocycles. The molecule has 64 heavy (non-hydrogen) atoms. The number of rotatable bonds is 13. The first-order chi connectivity index (χ1) is 31.5. The number of benzene rings is 9. The summed E-state index contributed by atoms with van der Waals surface area (Å²) in [6.45, 7) is 6.72. The van der Waals surface area contributed by atoms with E-state index in [2.05, 4.69) is 282 Å². The highest BCUT2D eigenvalue weighted by molar-refractivity contribution is 7.20. The van der Waals surface area contributed by atoms with Gasteiger partial charge in [-0.2, -0.15) is 0 Å². The van der Waals surface area contributed by atoms with Crippen LogP contribution in [0.4, 0.5) is 0 Å². The van der Waals surface area contributed by atoms with Crippen LogP contribution in [0.25, 0.3) is 11.6 Å². The molecule has 0 unspecified atom stereocenters. The Kier molecular flexibility index (Phi) is 12.6. The van der Waals surface area contributed by atoms with Crippen molar-refractivity contribution in [2.75, 3.05) is 0 Å². The Morgan fingerprint density at radius 3 is 1.09 bits per heavy atom. The first kappa shape index (κ1) is 42.2. The van der Waals surface area contributed by atoms with E-state index < -0.39 is 16.1 Å². The predicted octanol–water partition coefficient (Wildman–Crippen LogP) is 9.71.